The number of hydrogen-bond acceptors (Lipinski definition) is 6. The molecule has 6 nitrogen and oxygen atoms in total. The summed E-state index contributed by atoms with van der Waals surface area (Å²) in [4.78, 5) is 33.7. The highest BCUT2D eigenvalue weighted by Crippen LogP contribution is 2.29. The van der Waals surface area contributed by atoms with Crippen LogP contribution in [-0.4, -0.2) is 43.8 Å². The van der Waals surface area contributed by atoms with Gasteiger partial charge in [-0.1, -0.05) is 6.07 Å². The van der Waals surface area contributed by atoms with Crippen LogP contribution in [0.4, 0.5) is 0 Å². The average molecular weight is 379 g/mol. The SMILES string of the molecule is Cc1cnc(C(=O)N2CCCC(c3nc(C)cc(-c4cccs4)n3)C2)cn1. The average Bonchev–Trinajstić information content (AvgIpc) is 3.23. The summed E-state index contributed by atoms with van der Waals surface area (Å²) >= 11 is 1.67. The molecule has 1 aliphatic heterocycles. The number of thiophene rings is 1. The third-order valence-electron chi connectivity index (χ3n) is 4.72. The number of carbonyl (C=O) groups is 1. The number of piperidine rings is 1. The third-order valence-corrected chi connectivity index (χ3v) is 5.61. The van der Waals surface area contributed by atoms with Crippen LogP contribution < -0.4 is 0 Å². The van der Waals surface area contributed by atoms with Gasteiger partial charge >= 0.3 is 0 Å². The molecule has 27 heavy (non-hydrogen) atoms. The number of carbonyl (C=O) groups excluding carboxylic acids is 1. The van der Waals surface area contributed by atoms with Gasteiger partial charge in [0.1, 0.15) is 11.5 Å². The predicted molar refractivity (Wildman–Crippen MR) is 105 cm³/mol. The van der Waals surface area contributed by atoms with Crippen molar-refractivity contribution in [2.24, 2.45) is 0 Å². The maximum absolute atomic E-state index is 12.8. The van der Waals surface area contributed by atoms with E-state index in [1.165, 1.54) is 0 Å². The van der Waals surface area contributed by atoms with Gasteiger partial charge in [0.2, 0.25) is 0 Å². The van der Waals surface area contributed by atoms with Crippen molar-refractivity contribution in [1.82, 2.24) is 24.8 Å². The molecule has 0 saturated carbocycles. The molecule has 1 amide bonds. The van der Waals surface area contributed by atoms with Crippen LogP contribution in [0, 0.1) is 13.8 Å². The van der Waals surface area contributed by atoms with Crippen molar-refractivity contribution in [3.63, 3.8) is 0 Å². The number of hydrogen-bond donors (Lipinski definition) is 0. The van der Waals surface area contributed by atoms with E-state index >= 15 is 0 Å². The number of aryl methyl sites for hydroxylation is 2. The number of nitrogens with zero attached hydrogens (tertiary/aromatic N) is 5. The zero-order chi connectivity index (χ0) is 18.8. The van der Waals surface area contributed by atoms with Crippen molar-refractivity contribution in [1.29, 1.82) is 0 Å². The van der Waals surface area contributed by atoms with Gasteiger partial charge in [-0.05, 0) is 44.2 Å². The van der Waals surface area contributed by atoms with Crippen molar-refractivity contribution >= 4 is 17.2 Å². The molecule has 0 N–H and O–H groups in total. The van der Waals surface area contributed by atoms with Crippen molar-refractivity contribution < 1.29 is 4.79 Å². The van der Waals surface area contributed by atoms with E-state index in [0.717, 1.165) is 47.2 Å². The van der Waals surface area contributed by atoms with E-state index in [1.54, 1.807) is 23.7 Å². The summed E-state index contributed by atoms with van der Waals surface area (Å²) < 4.78 is 0. The molecule has 3 aromatic heterocycles. The molecule has 1 unspecified atom stereocenters. The first-order valence-corrected chi connectivity index (χ1v) is 9.95. The second kappa shape index (κ2) is 7.52. The van der Waals surface area contributed by atoms with Crippen molar-refractivity contribution in [3.05, 3.63) is 58.9 Å². The zero-order valence-corrected chi connectivity index (χ0v) is 16.2. The minimum atomic E-state index is -0.0710. The fourth-order valence-corrected chi connectivity index (χ4v) is 4.05. The minimum Gasteiger partial charge on any atom is -0.337 e. The third kappa shape index (κ3) is 3.88. The van der Waals surface area contributed by atoms with Crippen LogP contribution in [0.2, 0.25) is 0 Å². The molecule has 7 heteroatoms. The Morgan fingerprint density at radius 1 is 1.19 bits per heavy atom. The molecule has 4 rings (SSSR count). The predicted octanol–water partition coefficient (Wildman–Crippen LogP) is 3.63. The van der Waals surface area contributed by atoms with Gasteiger partial charge in [-0.25, -0.2) is 15.0 Å². The quantitative estimate of drug-likeness (QED) is 0.695. The van der Waals surface area contributed by atoms with Crippen LogP contribution in [0.5, 0.6) is 0 Å². The topological polar surface area (TPSA) is 71.9 Å². The lowest BCUT2D eigenvalue weighted by Crippen LogP contribution is -2.40. The second-order valence-corrected chi connectivity index (χ2v) is 7.81. The van der Waals surface area contributed by atoms with Crippen LogP contribution >= 0.6 is 11.3 Å². The molecule has 138 valence electrons. The molecule has 1 fully saturated rings. The van der Waals surface area contributed by atoms with Gasteiger partial charge in [0.05, 0.1) is 22.5 Å². The fourth-order valence-electron chi connectivity index (χ4n) is 3.36. The van der Waals surface area contributed by atoms with E-state index < -0.39 is 0 Å². The van der Waals surface area contributed by atoms with E-state index in [-0.39, 0.29) is 11.8 Å². The zero-order valence-electron chi connectivity index (χ0n) is 15.4. The molecular weight excluding hydrogens is 358 g/mol. The first-order valence-electron chi connectivity index (χ1n) is 9.07. The maximum atomic E-state index is 12.8. The molecule has 1 atom stereocenters. The summed E-state index contributed by atoms with van der Waals surface area (Å²) in [5.41, 5.74) is 3.11. The van der Waals surface area contributed by atoms with Crippen LogP contribution in [0.1, 0.15) is 46.5 Å². The van der Waals surface area contributed by atoms with Gasteiger partial charge < -0.3 is 4.90 Å². The Bertz CT molecular complexity index is 940. The summed E-state index contributed by atoms with van der Waals surface area (Å²) in [6.45, 7) is 5.20. The van der Waals surface area contributed by atoms with Gasteiger partial charge in [-0.2, -0.15) is 0 Å². The lowest BCUT2D eigenvalue weighted by Gasteiger charge is -2.32. The largest absolute Gasteiger partial charge is 0.337 e. The van der Waals surface area contributed by atoms with Crippen molar-refractivity contribution in [2.75, 3.05) is 13.1 Å². The highest BCUT2D eigenvalue weighted by atomic mass is 32.1. The molecule has 3 aromatic rings. The highest BCUT2D eigenvalue weighted by molar-refractivity contribution is 7.13. The molecular formula is C20H21N5OS. The summed E-state index contributed by atoms with van der Waals surface area (Å²) in [7, 11) is 0. The number of rotatable bonds is 3. The van der Waals surface area contributed by atoms with E-state index in [1.807, 2.05) is 30.9 Å². The van der Waals surface area contributed by atoms with Gasteiger partial charge in [-0.3, -0.25) is 9.78 Å². The van der Waals surface area contributed by atoms with E-state index in [2.05, 4.69) is 26.4 Å². The first kappa shape index (κ1) is 17.7. The summed E-state index contributed by atoms with van der Waals surface area (Å²) in [6.07, 6.45) is 5.10. The Balaban J connectivity index is 1.56. The van der Waals surface area contributed by atoms with E-state index in [0.29, 0.717) is 12.2 Å². The Kier molecular flexibility index (Phi) is 4.94. The molecule has 0 aliphatic carbocycles. The summed E-state index contributed by atoms with van der Waals surface area (Å²) in [6, 6.07) is 6.12. The smallest absolute Gasteiger partial charge is 0.274 e. The number of amides is 1. The lowest BCUT2D eigenvalue weighted by atomic mass is 9.96. The molecule has 1 aliphatic rings. The van der Waals surface area contributed by atoms with Gasteiger partial charge in [0.25, 0.3) is 5.91 Å². The monoisotopic (exact) mass is 379 g/mol. The minimum absolute atomic E-state index is 0.0710. The maximum Gasteiger partial charge on any atom is 0.274 e. The van der Waals surface area contributed by atoms with E-state index in [9.17, 15) is 4.79 Å². The standard InChI is InChI=1S/C20H21N5OS/c1-13-9-16(18-6-4-8-27-18)24-19(23-13)15-5-3-7-25(12-15)20(26)17-11-21-14(2)10-22-17/h4,6,8-11,15H,3,5,7,12H2,1-2H3. The molecule has 1 saturated heterocycles. The lowest BCUT2D eigenvalue weighted by molar-refractivity contribution is 0.0698. The van der Waals surface area contributed by atoms with Gasteiger partial charge in [-0.15, -0.1) is 11.3 Å². The molecule has 0 radical (unpaired) electrons. The van der Waals surface area contributed by atoms with Crippen LogP contribution in [-0.2, 0) is 0 Å². The van der Waals surface area contributed by atoms with Crippen molar-refractivity contribution in [2.45, 2.75) is 32.6 Å². The Hall–Kier alpha value is -2.67. The van der Waals surface area contributed by atoms with Crippen molar-refractivity contribution in [3.8, 4) is 10.6 Å². The Morgan fingerprint density at radius 3 is 2.81 bits per heavy atom. The molecule has 0 spiro atoms. The number of likely N-dealkylation sites (tertiary alicyclic amines) is 1. The van der Waals surface area contributed by atoms with Crippen LogP contribution in [0.3, 0.4) is 0 Å². The summed E-state index contributed by atoms with van der Waals surface area (Å²) in [5.74, 6) is 0.893. The summed E-state index contributed by atoms with van der Waals surface area (Å²) in [5, 5.41) is 2.05. The normalized spacial score (nSPS) is 17.1. The Morgan fingerprint density at radius 2 is 2.07 bits per heavy atom. The molecule has 0 aromatic carbocycles. The van der Waals surface area contributed by atoms with Crippen LogP contribution in [0.25, 0.3) is 10.6 Å². The highest BCUT2D eigenvalue weighted by Gasteiger charge is 2.28. The molecule has 0 bridgehead atoms. The number of aromatic nitrogens is 4. The fraction of sp³-hybridized carbons (Fsp3) is 0.350. The second-order valence-electron chi connectivity index (χ2n) is 6.86. The van der Waals surface area contributed by atoms with Crippen LogP contribution in [0.15, 0.2) is 36.0 Å². The molecule has 4 heterocycles. The van der Waals surface area contributed by atoms with Gasteiger partial charge in [0, 0.05) is 30.9 Å². The van der Waals surface area contributed by atoms with E-state index in [4.69, 9.17) is 4.98 Å². The first-order chi connectivity index (χ1) is 13.1. The van der Waals surface area contributed by atoms with Gasteiger partial charge in [0.15, 0.2) is 0 Å². The Labute approximate surface area is 162 Å².